The van der Waals surface area contributed by atoms with Crippen molar-refractivity contribution in [2.75, 3.05) is 6.61 Å². The minimum absolute atomic E-state index is 0.706. The number of rotatable bonds is 1. The zero-order chi connectivity index (χ0) is 7.78. The molecule has 0 aromatic carbocycles. The summed E-state index contributed by atoms with van der Waals surface area (Å²) < 4.78 is 28.6. The third-order valence-corrected chi connectivity index (χ3v) is 1.26. The molecule has 10 heavy (non-hydrogen) atoms. The van der Waals surface area contributed by atoms with Crippen molar-refractivity contribution in [3.8, 4) is 0 Å². The van der Waals surface area contributed by atoms with Gasteiger partial charge in [-0.1, -0.05) is 0 Å². The molecule has 0 bridgehead atoms. The van der Waals surface area contributed by atoms with Gasteiger partial charge in [-0.25, -0.2) is 13.6 Å². The lowest BCUT2D eigenvalue weighted by Crippen LogP contribution is -2.20. The fourth-order valence-corrected chi connectivity index (χ4v) is 0.770. The Morgan fingerprint density at radius 1 is 1.70 bits per heavy atom. The van der Waals surface area contributed by atoms with E-state index in [1.807, 2.05) is 0 Å². The van der Waals surface area contributed by atoms with E-state index in [2.05, 4.69) is 4.74 Å². The molecule has 3 nitrogen and oxygen atoms in total. The summed E-state index contributed by atoms with van der Waals surface area (Å²) in [6.07, 6.45) is -2.03. The number of hydrogen-bond acceptors (Lipinski definition) is 2. The largest absolute Gasteiger partial charge is 0.479 e. The van der Waals surface area contributed by atoms with E-state index in [1.54, 1.807) is 0 Å². The van der Waals surface area contributed by atoms with Gasteiger partial charge in [0, 0.05) is 0 Å². The molecule has 1 rings (SSSR count). The summed E-state index contributed by atoms with van der Waals surface area (Å²) in [5, 5.41) is 8.19. The number of carboxylic acids is 1. The van der Waals surface area contributed by atoms with E-state index in [1.165, 1.54) is 0 Å². The highest BCUT2D eigenvalue weighted by Gasteiger charge is 2.43. The quantitative estimate of drug-likeness (QED) is 0.594. The van der Waals surface area contributed by atoms with Crippen LogP contribution in [-0.2, 0) is 9.53 Å². The summed E-state index contributed by atoms with van der Waals surface area (Å²) in [5.41, 5.74) is 0. The van der Waals surface area contributed by atoms with E-state index < -0.39 is 31.0 Å². The van der Waals surface area contributed by atoms with Crippen molar-refractivity contribution in [2.24, 2.45) is 0 Å². The molecule has 1 saturated heterocycles. The van der Waals surface area contributed by atoms with Gasteiger partial charge in [0.05, 0.1) is 6.42 Å². The highest BCUT2D eigenvalue weighted by Crippen LogP contribution is 2.29. The Bertz CT molecular complexity index is 157. The lowest BCUT2D eigenvalue weighted by molar-refractivity contribution is -0.147. The summed E-state index contributed by atoms with van der Waals surface area (Å²) in [4.78, 5) is 10.0. The van der Waals surface area contributed by atoms with Crippen molar-refractivity contribution < 1.29 is 23.4 Å². The molecule has 0 aromatic rings. The van der Waals surface area contributed by atoms with Gasteiger partial charge in [-0.2, -0.15) is 0 Å². The van der Waals surface area contributed by atoms with Crippen LogP contribution in [0.5, 0.6) is 0 Å². The maximum Gasteiger partial charge on any atom is 0.333 e. The summed E-state index contributed by atoms with van der Waals surface area (Å²) in [6, 6.07) is 0. The van der Waals surface area contributed by atoms with Gasteiger partial charge in [-0.05, 0) is 0 Å². The smallest absolute Gasteiger partial charge is 0.333 e. The third-order valence-electron chi connectivity index (χ3n) is 1.26. The molecule has 58 valence electrons. The Morgan fingerprint density at radius 3 is 2.50 bits per heavy atom. The summed E-state index contributed by atoms with van der Waals surface area (Å²) in [5.74, 6) is -4.28. The topological polar surface area (TPSA) is 46.5 Å². The number of hydrogen-bond donors (Lipinski definition) is 1. The number of carbonyl (C=O) groups is 1. The van der Waals surface area contributed by atoms with Crippen LogP contribution in [0.2, 0.25) is 0 Å². The molecule has 5 heteroatoms. The normalized spacial score (nSPS) is 30.4. The maximum atomic E-state index is 12.2. The molecular formula is C5H6F2O3. The Balaban J connectivity index is 2.51. The molecule has 1 heterocycles. The molecular weight excluding hydrogens is 146 g/mol. The van der Waals surface area contributed by atoms with Crippen molar-refractivity contribution in [2.45, 2.75) is 18.4 Å². The Hall–Kier alpha value is -0.710. The molecule has 1 fully saturated rings. The predicted molar refractivity (Wildman–Crippen MR) is 26.9 cm³/mol. The fraction of sp³-hybridized carbons (Fsp3) is 0.800. The van der Waals surface area contributed by atoms with E-state index in [0.717, 1.165) is 0 Å². The number of alkyl halides is 2. The molecule has 0 spiro atoms. The van der Waals surface area contributed by atoms with E-state index in [-0.39, 0.29) is 0 Å². The van der Waals surface area contributed by atoms with Crippen LogP contribution >= 0.6 is 0 Å². The highest BCUT2D eigenvalue weighted by atomic mass is 19.3. The van der Waals surface area contributed by atoms with Crippen LogP contribution in [-0.4, -0.2) is 29.7 Å². The van der Waals surface area contributed by atoms with Crippen molar-refractivity contribution in [3.05, 3.63) is 0 Å². The van der Waals surface area contributed by atoms with Crippen LogP contribution in [0.15, 0.2) is 0 Å². The summed E-state index contributed by atoms with van der Waals surface area (Å²) >= 11 is 0. The molecule has 1 aliphatic heterocycles. The lowest BCUT2D eigenvalue weighted by Gasteiger charge is -2.02. The first-order valence-corrected chi connectivity index (χ1v) is 2.73. The number of carboxylic acid groups (broad SMARTS) is 1. The molecule has 0 amide bonds. The van der Waals surface area contributed by atoms with Crippen LogP contribution in [0.4, 0.5) is 8.78 Å². The van der Waals surface area contributed by atoms with Crippen LogP contribution < -0.4 is 0 Å². The minimum Gasteiger partial charge on any atom is -0.479 e. The van der Waals surface area contributed by atoms with Gasteiger partial charge in [0.15, 0.2) is 6.10 Å². The van der Waals surface area contributed by atoms with E-state index in [0.29, 0.717) is 0 Å². The first kappa shape index (κ1) is 7.40. The third kappa shape index (κ3) is 1.41. The molecule has 1 atom stereocenters. The second-order valence-corrected chi connectivity index (χ2v) is 2.20. The SMILES string of the molecule is O=C(O)C1CC(F)(F)CO1. The second kappa shape index (κ2) is 2.16. The van der Waals surface area contributed by atoms with Gasteiger partial charge in [0.25, 0.3) is 5.92 Å². The van der Waals surface area contributed by atoms with Gasteiger partial charge in [0.2, 0.25) is 0 Å². The monoisotopic (exact) mass is 152 g/mol. The van der Waals surface area contributed by atoms with Crippen LogP contribution in [0.25, 0.3) is 0 Å². The molecule has 0 radical (unpaired) electrons. The first-order chi connectivity index (χ1) is 4.51. The molecule has 0 saturated carbocycles. The Kier molecular flexibility index (Phi) is 1.60. The molecule has 1 aliphatic rings. The molecule has 1 N–H and O–H groups in total. The van der Waals surface area contributed by atoms with E-state index in [9.17, 15) is 13.6 Å². The Morgan fingerprint density at radius 2 is 2.30 bits per heavy atom. The standard InChI is InChI=1S/C5H6F2O3/c6-5(7)1-3(4(8)9)10-2-5/h3H,1-2H2,(H,8,9). The van der Waals surface area contributed by atoms with Crippen LogP contribution in [0.1, 0.15) is 6.42 Å². The van der Waals surface area contributed by atoms with Gasteiger partial charge >= 0.3 is 5.97 Å². The average Bonchev–Trinajstić information content (AvgIpc) is 2.10. The van der Waals surface area contributed by atoms with Gasteiger partial charge in [-0.15, -0.1) is 0 Å². The predicted octanol–water partition coefficient (Wildman–Crippen LogP) is 0.495. The summed E-state index contributed by atoms with van der Waals surface area (Å²) in [7, 11) is 0. The number of aliphatic carboxylic acids is 1. The maximum absolute atomic E-state index is 12.2. The van der Waals surface area contributed by atoms with E-state index >= 15 is 0 Å². The van der Waals surface area contributed by atoms with Crippen molar-refractivity contribution in [3.63, 3.8) is 0 Å². The zero-order valence-electron chi connectivity index (χ0n) is 5.01. The first-order valence-electron chi connectivity index (χ1n) is 2.73. The zero-order valence-corrected chi connectivity index (χ0v) is 5.01. The second-order valence-electron chi connectivity index (χ2n) is 2.20. The van der Waals surface area contributed by atoms with E-state index in [4.69, 9.17) is 5.11 Å². The van der Waals surface area contributed by atoms with Gasteiger partial charge < -0.3 is 9.84 Å². The number of halogens is 2. The van der Waals surface area contributed by atoms with Crippen molar-refractivity contribution >= 4 is 5.97 Å². The molecule has 1 unspecified atom stereocenters. The summed E-state index contributed by atoms with van der Waals surface area (Å²) in [6.45, 7) is -0.774. The average molecular weight is 152 g/mol. The van der Waals surface area contributed by atoms with Crippen molar-refractivity contribution in [1.29, 1.82) is 0 Å². The van der Waals surface area contributed by atoms with Crippen molar-refractivity contribution in [1.82, 2.24) is 0 Å². The van der Waals surface area contributed by atoms with Gasteiger partial charge in [-0.3, -0.25) is 0 Å². The molecule has 0 aliphatic carbocycles. The minimum atomic E-state index is -2.96. The van der Waals surface area contributed by atoms with Gasteiger partial charge in [0.1, 0.15) is 6.61 Å². The molecule has 0 aromatic heterocycles. The lowest BCUT2D eigenvalue weighted by atomic mass is 10.2. The fourth-order valence-electron chi connectivity index (χ4n) is 0.770. The van der Waals surface area contributed by atoms with Crippen LogP contribution in [0.3, 0.4) is 0 Å². The number of ether oxygens (including phenoxy) is 1. The highest BCUT2D eigenvalue weighted by molar-refractivity contribution is 5.72. The Labute approximate surface area is 55.6 Å². The van der Waals surface area contributed by atoms with Crippen LogP contribution in [0, 0.1) is 0 Å².